The van der Waals surface area contributed by atoms with Gasteiger partial charge in [0.15, 0.2) is 5.78 Å². The van der Waals surface area contributed by atoms with E-state index in [1.807, 2.05) is 13.0 Å². The zero-order valence-corrected chi connectivity index (χ0v) is 18.3. The third kappa shape index (κ3) is 4.69. The lowest BCUT2D eigenvalue weighted by Gasteiger charge is -2.39. The summed E-state index contributed by atoms with van der Waals surface area (Å²) >= 11 is 1.71. The van der Waals surface area contributed by atoms with Gasteiger partial charge in [-0.3, -0.25) is 4.79 Å². The molecule has 1 aromatic rings. The molecule has 0 unspecified atom stereocenters. The highest BCUT2D eigenvalue weighted by atomic mass is 32.2. The molecule has 6 heteroatoms. The van der Waals surface area contributed by atoms with E-state index in [-0.39, 0.29) is 16.9 Å². The molecule has 1 aliphatic heterocycles. The number of allylic oxidation sites excluding steroid dienone is 3. The third-order valence-corrected chi connectivity index (χ3v) is 6.19. The van der Waals surface area contributed by atoms with Crippen LogP contribution in [0.2, 0.25) is 0 Å². The zero-order chi connectivity index (χ0) is 21.2. The molecule has 0 spiro atoms. The van der Waals surface area contributed by atoms with Crippen molar-refractivity contribution >= 4 is 23.5 Å². The van der Waals surface area contributed by atoms with E-state index in [2.05, 4.69) is 26.1 Å². The predicted molar refractivity (Wildman–Crippen MR) is 116 cm³/mol. The molecule has 0 fully saturated rings. The van der Waals surface area contributed by atoms with Gasteiger partial charge in [0.2, 0.25) is 0 Å². The van der Waals surface area contributed by atoms with E-state index in [0.29, 0.717) is 29.9 Å². The predicted octanol–water partition coefficient (Wildman–Crippen LogP) is 4.29. The fraction of sp³-hybridized carbons (Fsp3) is 0.478. The molecule has 2 aliphatic rings. The second kappa shape index (κ2) is 8.66. The number of phenols is 1. The Bertz CT molecular complexity index is 885. The first kappa shape index (κ1) is 21.5. The Morgan fingerprint density at radius 1 is 1.34 bits per heavy atom. The number of nitrogens with one attached hydrogen (secondary N) is 1. The molecule has 0 radical (unpaired) electrons. The van der Waals surface area contributed by atoms with Crippen molar-refractivity contribution in [1.82, 2.24) is 5.32 Å². The Morgan fingerprint density at radius 2 is 2.10 bits per heavy atom. The number of carbonyl (C=O) groups excluding carboxylic acids is 2. The second-order valence-electron chi connectivity index (χ2n) is 8.36. The van der Waals surface area contributed by atoms with Crippen molar-refractivity contribution in [2.75, 3.05) is 18.1 Å². The van der Waals surface area contributed by atoms with E-state index in [0.717, 1.165) is 29.2 Å². The average molecular weight is 416 g/mol. The molecular weight excluding hydrogens is 386 g/mol. The van der Waals surface area contributed by atoms with Crippen LogP contribution in [0.25, 0.3) is 0 Å². The van der Waals surface area contributed by atoms with Crippen LogP contribution in [0.3, 0.4) is 0 Å². The highest BCUT2D eigenvalue weighted by Crippen LogP contribution is 2.47. The van der Waals surface area contributed by atoms with Gasteiger partial charge in [-0.25, -0.2) is 4.79 Å². The summed E-state index contributed by atoms with van der Waals surface area (Å²) in [6, 6.07) is 6.80. The van der Waals surface area contributed by atoms with Crippen molar-refractivity contribution in [1.29, 1.82) is 0 Å². The first-order valence-electron chi connectivity index (χ1n) is 10.0. The summed E-state index contributed by atoms with van der Waals surface area (Å²) in [5.74, 6) is 0.901. The van der Waals surface area contributed by atoms with E-state index in [4.69, 9.17) is 4.74 Å². The van der Waals surface area contributed by atoms with Gasteiger partial charge in [0, 0.05) is 35.1 Å². The maximum absolute atomic E-state index is 13.1. The molecule has 1 aliphatic carbocycles. The minimum atomic E-state index is -0.534. The number of esters is 1. The van der Waals surface area contributed by atoms with Crippen molar-refractivity contribution < 1.29 is 19.4 Å². The smallest absolute Gasteiger partial charge is 0.336 e. The minimum Gasteiger partial charge on any atom is -0.508 e. The number of ether oxygens (including phenoxy) is 1. The van der Waals surface area contributed by atoms with Crippen molar-refractivity contribution in [3.05, 3.63) is 52.4 Å². The van der Waals surface area contributed by atoms with Crippen LogP contribution in [0.4, 0.5) is 0 Å². The molecule has 29 heavy (non-hydrogen) atoms. The number of ketones is 1. The normalized spacial score (nSPS) is 21.0. The Morgan fingerprint density at radius 3 is 2.79 bits per heavy atom. The van der Waals surface area contributed by atoms with E-state index >= 15 is 0 Å². The van der Waals surface area contributed by atoms with Crippen LogP contribution < -0.4 is 5.32 Å². The molecular formula is C23H29NO4S. The van der Waals surface area contributed by atoms with E-state index < -0.39 is 11.9 Å². The molecule has 0 aromatic heterocycles. The summed E-state index contributed by atoms with van der Waals surface area (Å²) in [5, 5.41) is 13.3. The van der Waals surface area contributed by atoms with E-state index in [9.17, 15) is 14.7 Å². The van der Waals surface area contributed by atoms with Crippen molar-refractivity contribution in [3.63, 3.8) is 0 Å². The summed E-state index contributed by atoms with van der Waals surface area (Å²) in [6.45, 7) is 8.39. The lowest BCUT2D eigenvalue weighted by atomic mass is 9.68. The summed E-state index contributed by atoms with van der Waals surface area (Å²) in [7, 11) is 0. The van der Waals surface area contributed by atoms with Gasteiger partial charge >= 0.3 is 5.97 Å². The van der Waals surface area contributed by atoms with Crippen molar-refractivity contribution in [2.45, 2.75) is 46.5 Å². The Balaban J connectivity index is 2.03. The lowest BCUT2D eigenvalue weighted by molar-refractivity contribution is -0.138. The lowest BCUT2D eigenvalue weighted by Crippen LogP contribution is -2.38. The van der Waals surface area contributed by atoms with E-state index in [1.165, 1.54) is 0 Å². The minimum absolute atomic E-state index is 0.0384. The quantitative estimate of drug-likeness (QED) is 0.533. The van der Waals surface area contributed by atoms with Gasteiger partial charge in [-0.2, -0.15) is 11.8 Å². The number of benzene rings is 1. The summed E-state index contributed by atoms with van der Waals surface area (Å²) < 4.78 is 5.54. The van der Waals surface area contributed by atoms with Gasteiger partial charge in [0.1, 0.15) is 12.4 Å². The number of aromatic hydroxyl groups is 1. The molecule has 5 nitrogen and oxygen atoms in total. The van der Waals surface area contributed by atoms with Gasteiger partial charge in [-0.15, -0.1) is 0 Å². The van der Waals surface area contributed by atoms with Crippen LogP contribution >= 0.6 is 11.8 Å². The topological polar surface area (TPSA) is 75.6 Å². The van der Waals surface area contributed by atoms with Gasteiger partial charge in [0.05, 0.1) is 5.57 Å². The summed E-state index contributed by atoms with van der Waals surface area (Å²) in [5.41, 5.74) is 3.23. The fourth-order valence-electron chi connectivity index (χ4n) is 4.16. The fourth-order valence-corrected chi connectivity index (χ4v) is 4.65. The van der Waals surface area contributed by atoms with Gasteiger partial charge in [0.25, 0.3) is 0 Å². The van der Waals surface area contributed by atoms with Crippen molar-refractivity contribution in [2.24, 2.45) is 5.41 Å². The van der Waals surface area contributed by atoms with Crippen LogP contribution in [0.1, 0.15) is 52.0 Å². The van der Waals surface area contributed by atoms with Crippen LogP contribution in [0.5, 0.6) is 5.75 Å². The summed E-state index contributed by atoms with van der Waals surface area (Å²) in [4.78, 5) is 26.2. The average Bonchev–Trinajstić information content (AvgIpc) is 2.63. The molecule has 2 N–H and O–H groups in total. The van der Waals surface area contributed by atoms with E-state index in [1.54, 1.807) is 30.0 Å². The van der Waals surface area contributed by atoms with Crippen LogP contribution in [0.15, 0.2) is 46.8 Å². The van der Waals surface area contributed by atoms with Gasteiger partial charge in [-0.1, -0.05) is 32.9 Å². The molecule has 0 saturated carbocycles. The number of Topliss-reactive ketones (excluding diaryl/α,β-unsaturated/α-hetero) is 1. The maximum Gasteiger partial charge on any atom is 0.336 e. The third-order valence-electron chi connectivity index (χ3n) is 5.33. The standard InChI is InChI=1S/C23H29NO4S/c1-5-29-10-9-28-22(27)19-14(2)24-17-12-23(3,4)13-18(26)21(17)20(19)15-7-6-8-16(25)11-15/h6-8,11,20,24-25H,5,9-10,12-13H2,1-4H3/t20-/m1/s1. The molecule has 1 heterocycles. The van der Waals surface area contributed by atoms with Gasteiger partial charge < -0.3 is 15.2 Å². The van der Waals surface area contributed by atoms with Crippen LogP contribution in [0, 0.1) is 5.41 Å². The molecule has 1 aromatic carbocycles. The van der Waals surface area contributed by atoms with Gasteiger partial charge in [-0.05, 0) is 42.2 Å². The highest BCUT2D eigenvalue weighted by molar-refractivity contribution is 7.99. The first-order valence-corrected chi connectivity index (χ1v) is 11.2. The molecule has 3 rings (SSSR count). The number of thioether (sulfide) groups is 1. The number of phenolic OH excluding ortho intramolecular Hbond substituents is 1. The molecule has 156 valence electrons. The SMILES string of the molecule is CCSCCOC(=O)C1=C(C)NC2=C(C(=O)CC(C)(C)C2)[C@@H]1c1cccc(O)c1. The highest BCUT2D eigenvalue weighted by Gasteiger charge is 2.43. The Kier molecular flexibility index (Phi) is 6.42. The largest absolute Gasteiger partial charge is 0.508 e. The maximum atomic E-state index is 13.1. The Labute approximate surface area is 176 Å². The van der Waals surface area contributed by atoms with Crippen molar-refractivity contribution in [3.8, 4) is 5.75 Å². The number of hydrogen-bond donors (Lipinski definition) is 2. The molecule has 0 saturated heterocycles. The number of carbonyl (C=O) groups is 2. The number of hydrogen-bond acceptors (Lipinski definition) is 6. The number of dihydropyridines is 1. The zero-order valence-electron chi connectivity index (χ0n) is 17.5. The first-order chi connectivity index (χ1) is 13.7. The molecule has 0 bridgehead atoms. The second-order valence-corrected chi connectivity index (χ2v) is 9.75. The molecule has 0 amide bonds. The number of rotatable bonds is 6. The van der Waals surface area contributed by atoms with Crippen LogP contribution in [-0.2, 0) is 14.3 Å². The monoisotopic (exact) mass is 415 g/mol. The van der Waals surface area contributed by atoms with Crippen LogP contribution in [-0.4, -0.2) is 35.0 Å². The molecule has 1 atom stereocenters. The summed E-state index contributed by atoms with van der Waals surface area (Å²) in [6.07, 6.45) is 1.16. The Hall–Kier alpha value is -2.21.